The van der Waals surface area contributed by atoms with E-state index >= 15 is 0 Å². The molecule has 6 heteroatoms. The van der Waals surface area contributed by atoms with Gasteiger partial charge in [0, 0.05) is 13.1 Å². The van der Waals surface area contributed by atoms with E-state index in [0.717, 1.165) is 0 Å². The van der Waals surface area contributed by atoms with Gasteiger partial charge in [0.05, 0.1) is 11.0 Å². The van der Waals surface area contributed by atoms with Crippen molar-refractivity contribution in [2.45, 2.75) is 13.0 Å². The van der Waals surface area contributed by atoms with Gasteiger partial charge in [0.25, 0.3) is 11.6 Å². The van der Waals surface area contributed by atoms with Crippen LogP contribution in [0.4, 0.5) is 5.69 Å². The predicted molar refractivity (Wildman–Crippen MR) is 60.3 cm³/mol. The van der Waals surface area contributed by atoms with E-state index in [-0.39, 0.29) is 11.3 Å². The fourth-order valence-corrected chi connectivity index (χ4v) is 1.27. The average Bonchev–Trinajstić information content (AvgIpc) is 2.35. The number of amides is 1. The van der Waals surface area contributed by atoms with E-state index < -0.39 is 16.9 Å². The third-order valence-corrected chi connectivity index (χ3v) is 2.42. The summed E-state index contributed by atoms with van der Waals surface area (Å²) in [4.78, 5) is 23.3. The van der Waals surface area contributed by atoms with Crippen molar-refractivity contribution < 1.29 is 9.72 Å². The lowest BCUT2D eigenvalue weighted by atomic mass is 10.1. The molecule has 88 valence electrons. The normalized spacial score (nSPS) is 11.4. The number of nitriles is 1. The molecular weight excluding hydrogens is 222 g/mol. The molecule has 1 aromatic carbocycles. The lowest BCUT2D eigenvalue weighted by Crippen LogP contribution is -2.34. The first kappa shape index (κ1) is 12.6. The Labute approximate surface area is 98.2 Å². The molecule has 0 saturated carbocycles. The zero-order chi connectivity index (χ0) is 13.0. The van der Waals surface area contributed by atoms with Crippen molar-refractivity contribution >= 4 is 11.6 Å². The Morgan fingerprint density at radius 2 is 2.12 bits per heavy atom. The minimum atomic E-state index is -0.637. The summed E-state index contributed by atoms with van der Waals surface area (Å²) in [5, 5.41) is 19.5. The second-order valence-electron chi connectivity index (χ2n) is 3.50. The Morgan fingerprint density at radius 1 is 1.53 bits per heavy atom. The number of benzene rings is 1. The topological polar surface area (TPSA) is 87.2 Å². The van der Waals surface area contributed by atoms with Crippen LogP contribution in [0, 0.1) is 21.4 Å². The van der Waals surface area contributed by atoms with Crippen molar-refractivity contribution in [2.75, 3.05) is 7.05 Å². The minimum absolute atomic E-state index is 0.0119. The molecule has 0 aromatic heterocycles. The highest BCUT2D eigenvalue weighted by Gasteiger charge is 2.24. The van der Waals surface area contributed by atoms with Gasteiger partial charge in [0.2, 0.25) is 0 Å². The fraction of sp³-hybridized carbons (Fsp3) is 0.273. The van der Waals surface area contributed by atoms with Crippen LogP contribution in [0.15, 0.2) is 24.3 Å². The Bertz CT molecular complexity index is 493. The molecule has 0 bridgehead atoms. The molecule has 0 N–H and O–H groups in total. The van der Waals surface area contributed by atoms with E-state index in [1.54, 1.807) is 13.0 Å². The van der Waals surface area contributed by atoms with E-state index in [1.165, 1.54) is 30.1 Å². The Balaban J connectivity index is 3.13. The Hall–Kier alpha value is -2.42. The molecule has 0 heterocycles. The molecular formula is C11H11N3O3. The summed E-state index contributed by atoms with van der Waals surface area (Å²) in [5.41, 5.74) is -0.267. The number of nitro benzene ring substituents is 1. The van der Waals surface area contributed by atoms with Crippen LogP contribution < -0.4 is 0 Å². The van der Waals surface area contributed by atoms with Crippen LogP contribution in [0.2, 0.25) is 0 Å². The minimum Gasteiger partial charge on any atom is -0.326 e. The highest BCUT2D eigenvalue weighted by Crippen LogP contribution is 2.19. The summed E-state index contributed by atoms with van der Waals surface area (Å²) in [6.45, 7) is 1.55. The molecule has 1 rings (SSSR count). The second kappa shape index (κ2) is 5.07. The van der Waals surface area contributed by atoms with E-state index in [4.69, 9.17) is 5.26 Å². The van der Waals surface area contributed by atoms with Gasteiger partial charge in [-0.15, -0.1) is 0 Å². The van der Waals surface area contributed by atoms with Crippen molar-refractivity contribution in [3.05, 3.63) is 39.9 Å². The number of rotatable bonds is 3. The van der Waals surface area contributed by atoms with Crippen LogP contribution in [0.25, 0.3) is 0 Å². The molecule has 0 aliphatic carbocycles. The van der Waals surface area contributed by atoms with Crippen molar-refractivity contribution in [3.8, 4) is 6.07 Å². The van der Waals surface area contributed by atoms with Crippen LogP contribution in [0.5, 0.6) is 0 Å². The lowest BCUT2D eigenvalue weighted by molar-refractivity contribution is -0.385. The van der Waals surface area contributed by atoms with Crippen LogP contribution in [-0.2, 0) is 0 Å². The van der Waals surface area contributed by atoms with Gasteiger partial charge >= 0.3 is 0 Å². The number of carbonyl (C=O) groups excluding carboxylic acids is 1. The first-order chi connectivity index (χ1) is 7.99. The van der Waals surface area contributed by atoms with Crippen LogP contribution in [0.3, 0.4) is 0 Å². The van der Waals surface area contributed by atoms with Crippen molar-refractivity contribution in [1.82, 2.24) is 4.90 Å². The summed E-state index contributed by atoms with van der Waals surface area (Å²) in [7, 11) is 1.44. The zero-order valence-electron chi connectivity index (χ0n) is 9.45. The summed E-state index contributed by atoms with van der Waals surface area (Å²) in [5.74, 6) is -0.536. The first-order valence-electron chi connectivity index (χ1n) is 4.89. The maximum Gasteiger partial charge on any atom is 0.282 e. The summed E-state index contributed by atoms with van der Waals surface area (Å²) >= 11 is 0. The molecule has 1 atom stereocenters. The average molecular weight is 233 g/mol. The van der Waals surface area contributed by atoms with Gasteiger partial charge in [-0.05, 0) is 13.0 Å². The number of para-hydroxylation sites is 1. The van der Waals surface area contributed by atoms with E-state index in [0.29, 0.717) is 0 Å². The molecule has 17 heavy (non-hydrogen) atoms. The monoisotopic (exact) mass is 233 g/mol. The lowest BCUT2D eigenvalue weighted by Gasteiger charge is -2.19. The molecule has 0 fully saturated rings. The number of carbonyl (C=O) groups is 1. The van der Waals surface area contributed by atoms with Gasteiger partial charge < -0.3 is 4.90 Å². The summed E-state index contributed by atoms with van der Waals surface area (Å²) in [6, 6.07) is 6.94. The molecule has 0 spiro atoms. The summed E-state index contributed by atoms with van der Waals surface area (Å²) in [6.07, 6.45) is 0. The number of nitro groups is 1. The van der Waals surface area contributed by atoms with Crippen LogP contribution in [-0.4, -0.2) is 28.8 Å². The number of hydrogen-bond donors (Lipinski definition) is 0. The zero-order valence-corrected chi connectivity index (χ0v) is 9.45. The predicted octanol–water partition coefficient (Wildman–Crippen LogP) is 1.58. The quantitative estimate of drug-likeness (QED) is 0.585. The summed E-state index contributed by atoms with van der Waals surface area (Å²) < 4.78 is 0. The van der Waals surface area contributed by atoms with Crippen molar-refractivity contribution in [2.24, 2.45) is 0 Å². The third kappa shape index (κ3) is 2.58. The molecule has 1 aromatic rings. The smallest absolute Gasteiger partial charge is 0.282 e. The molecule has 1 unspecified atom stereocenters. The van der Waals surface area contributed by atoms with E-state index in [9.17, 15) is 14.9 Å². The third-order valence-electron chi connectivity index (χ3n) is 2.42. The Morgan fingerprint density at radius 3 is 2.65 bits per heavy atom. The van der Waals surface area contributed by atoms with E-state index in [2.05, 4.69) is 0 Å². The standard InChI is InChI=1S/C11H11N3O3/c1-8(7-12)13(2)11(15)9-5-3-4-6-10(9)14(16)17/h3-6,8H,1-2H3. The van der Waals surface area contributed by atoms with Gasteiger partial charge in [0.1, 0.15) is 11.6 Å². The van der Waals surface area contributed by atoms with Crippen molar-refractivity contribution in [1.29, 1.82) is 5.26 Å². The maximum atomic E-state index is 11.9. The molecule has 1 amide bonds. The first-order valence-corrected chi connectivity index (χ1v) is 4.89. The second-order valence-corrected chi connectivity index (χ2v) is 3.50. The molecule has 0 saturated heterocycles. The molecule has 0 aliphatic heterocycles. The molecule has 0 radical (unpaired) electrons. The maximum absolute atomic E-state index is 11.9. The van der Waals surface area contributed by atoms with Gasteiger partial charge in [-0.3, -0.25) is 14.9 Å². The number of hydrogen-bond acceptors (Lipinski definition) is 4. The van der Waals surface area contributed by atoms with Crippen LogP contribution >= 0.6 is 0 Å². The van der Waals surface area contributed by atoms with Gasteiger partial charge in [-0.1, -0.05) is 12.1 Å². The number of nitrogens with zero attached hydrogens (tertiary/aromatic N) is 3. The Kier molecular flexibility index (Phi) is 3.78. The highest BCUT2D eigenvalue weighted by atomic mass is 16.6. The largest absolute Gasteiger partial charge is 0.326 e. The van der Waals surface area contributed by atoms with Crippen molar-refractivity contribution in [3.63, 3.8) is 0 Å². The molecule has 0 aliphatic rings. The van der Waals surface area contributed by atoms with Gasteiger partial charge in [-0.2, -0.15) is 5.26 Å². The van der Waals surface area contributed by atoms with Crippen LogP contribution in [0.1, 0.15) is 17.3 Å². The van der Waals surface area contributed by atoms with Gasteiger partial charge in [-0.25, -0.2) is 0 Å². The van der Waals surface area contributed by atoms with Gasteiger partial charge in [0.15, 0.2) is 0 Å². The fourth-order valence-electron chi connectivity index (χ4n) is 1.27. The SMILES string of the molecule is CC(C#N)N(C)C(=O)c1ccccc1[N+](=O)[O-]. The molecule has 6 nitrogen and oxygen atoms in total. The van der Waals surface area contributed by atoms with E-state index in [1.807, 2.05) is 6.07 Å². The highest BCUT2D eigenvalue weighted by molar-refractivity contribution is 5.98.